The zero-order valence-corrected chi connectivity index (χ0v) is 19.7. The highest BCUT2D eigenvalue weighted by Gasteiger charge is 2.12. The van der Waals surface area contributed by atoms with Gasteiger partial charge in [-0.1, -0.05) is 6.07 Å². The molecule has 1 aromatic carbocycles. The van der Waals surface area contributed by atoms with Gasteiger partial charge in [-0.2, -0.15) is 5.10 Å². The summed E-state index contributed by atoms with van der Waals surface area (Å²) < 4.78 is 13.2. The molecule has 2 rings (SSSR count). The Kier molecular flexibility index (Phi) is 10.7. The lowest BCUT2D eigenvalue weighted by atomic mass is 10.1. The Labute approximate surface area is 184 Å². The van der Waals surface area contributed by atoms with Gasteiger partial charge in [0, 0.05) is 26.8 Å². The molecule has 2 N–H and O–H groups in total. The molecule has 0 spiro atoms. The number of rotatable bonds is 9. The third-order valence-corrected chi connectivity index (χ3v) is 4.11. The number of benzene rings is 1. The minimum atomic E-state index is 0. The number of nitrogens with one attached hydrogen (secondary N) is 2. The Morgan fingerprint density at radius 1 is 1.21 bits per heavy atom. The smallest absolute Gasteiger partial charge is 0.191 e. The van der Waals surface area contributed by atoms with Crippen LogP contribution in [-0.4, -0.2) is 42.5 Å². The summed E-state index contributed by atoms with van der Waals surface area (Å²) in [6.07, 6.45) is 4.80. The number of aliphatic imine (C=N–C) groups is 1. The molecule has 0 fully saturated rings. The second kappa shape index (κ2) is 12.5. The van der Waals surface area contributed by atoms with Crippen LogP contribution < -0.4 is 20.1 Å². The lowest BCUT2D eigenvalue weighted by molar-refractivity contribution is 0.287. The van der Waals surface area contributed by atoms with Crippen LogP contribution in [0.15, 0.2) is 35.6 Å². The first kappa shape index (κ1) is 24.1. The van der Waals surface area contributed by atoms with Crippen molar-refractivity contribution in [2.24, 2.45) is 12.0 Å². The van der Waals surface area contributed by atoms with Gasteiger partial charge >= 0.3 is 0 Å². The maximum absolute atomic E-state index is 5.72. The third-order valence-electron chi connectivity index (χ3n) is 4.11. The fraction of sp³-hybridized carbons (Fsp3) is 0.500. The molecule has 2 aromatic rings. The zero-order valence-electron chi connectivity index (χ0n) is 17.4. The maximum Gasteiger partial charge on any atom is 0.191 e. The van der Waals surface area contributed by atoms with Crippen molar-refractivity contribution in [3.05, 3.63) is 41.7 Å². The van der Waals surface area contributed by atoms with Gasteiger partial charge < -0.3 is 20.1 Å². The molecule has 7 nitrogen and oxygen atoms in total. The summed E-state index contributed by atoms with van der Waals surface area (Å²) in [5.74, 6) is 2.30. The molecule has 0 amide bonds. The van der Waals surface area contributed by atoms with E-state index >= 15 is 0 Å². The molecule has 0 radical (unpaired) electrons. The van der Waals surface area contributed by atoms with Crippen LogP contribution in [0.25, 0.3) is 0 Å². The van der Waals surface area contributed by atoms with E-state index in [1.54, 1.807) is 7.05 Å². The monoisotopic (exact) mass is 501 g/mol. The average Bonchev–Trinajstić information content (AvgIpc) is 3.07. The van der Waals surface area contributed by atoms with Crippen molar-refractivity contribution < 1.29 is 9.47 Å². The van der Waals surface area contributed by atoms with Crippen LogP contribution in [0.5, 0.6) is 11.5 Å². The molecule has 1 aromatic heterocycles. The molecule has 0 aliphatic carbocycles. The van der Waals surface area contributed by atoms with E-state index in [1.165, 1.54) is 5.56 Å². The fourth-order valence-corrected chi connectivity index (χ4v) is 2.75. The van der Waals surface area contributed by atoms with Gasteiger partial charge in [0.1, 0.15) is 0 Å². The predicted octanol–water partition coefficient (Wildman–Crippen LogP) is 3.30. The number of aryl methyl sites for hydroxylation is 1. The summed E-state index contributed by atoms with van der Waals surface area (Å²) in [5, 5.41) is 10.9. The summed E-state index contributed by atoms with van der Waals surface area (Å²) in [7, 11) is 3.70. The van der Waals surface area contributed by atoms with Gasteiger partial charge in [-0.3, -0.25) is 9.67 Å². The Balaban J connectivity index is 0.00000392. The van der Waals surface area contributed by atoms with Crippen LogP contribution >= 0.6 is 24.0 Å². The number of nitrogens with zero attached hydrogens (tertiary/aromatic N) is 3. The molecule has 8 heteroatoms. The number of guanidine groups is 1. The zero-order chi connectivity index (χ0) is 19.6. The van der Waals surface area contributed by atoms with E-state index in [0.29, 0.717) is 13.2 Å². The number of hydrogen-bond acceptors (Lipinski definition) is 4. The Bertz CT molecular complexity index is 748. The SMILES string of the molecule is CCOc1ccc(C(C)NC(=NC)NCCc2cnn(C)c2)cc1OCC.I. The average molecular weight is 501 g/mol. The van der Waals surface area contributed by atoms with E-state index in [9.17, 15) is 0 Å². The molecule has 1 atom stereocenters. The Morgan fingerprint density at radius 2 is 1.93 bits per heavy atom. The highest BCUT2D eigenvalue weighted by Crippen LogP contribution is 2.30. The largest absolute Gasteiger partial charge is 0.490 e. The Hall–Kier alpha value is -1.97. The van der Waals surface area contributed by atoms with Gasteiger partial charge in [0.25, 0.3) is 0 Å². The molecule has 0 aliphatic heterocycles. The number of aromatic nitrogens is 2. The molecule has 0 aliphatic rings. The van der Waals surface area contributed by atoms with Crippen molar-refractivity contribution in [3.63, 3.8) is 0 Å². The van der Waals surface area contributed by atoms with Crippen molar-refractivity contribution >= 4 is 29.9 Å². The quantitative estimate of drug-likeness (QED) is 0.314. The van der Waals surface area contributed by atoms with Gasteiger partial charge in [0.15, 0.2) is 17.5 Å². The minimum Gasteiger partial charge on any atom is -0.490 e. The summed E-state index contributed by atoms with van der Waals surface area (Å²) in [6.45, 7) is 8.03. The molecule has 1 heterocycles. The topological polar surface area (TPSA) is 72.7 Å². The molecule has 0 saturated carbocycles. The second-order valence-electron chi connectivity index (χ2n) is 6.21. The second-order valence-corrected chi connectivity index (χ2v) is 6.21. The van der Waals surface area contributed by atoms with E-state index in [2.05, 4.69) is 27.6 Å². The molecule has 0 bridgehead atoms. The van der Waals surface area contributed by atoms with Gasteiger partial charge in [0.2, 0.25) is 0 Å². The minimum absolute atomic E-state index is 0. The molecule has 1 unspecified atom stereocenters. The van der Waals surface area contributed by atoms with Crippen LogP contribution in [-0.2, 0) is 13.5 Å². The molecule has 156 valence electrons. The third kappa shape index (κ3) is 7.21. The number of hydrogen-bond donors (Lipinski definition) is 2. The normalized spacial score (nSPS) is 12.1. The van der Waals surface area contributed by atoms with Crippen molar-refractivity contribution in [2.45, 2.75) is 33.2 Å². The first-order chi connectivity index (χ1) is 13.1. The highest BCUT2D eigenvalue weighted by atomic mass is 127. The summed E-state index contributed by atoms with van der Waals surface area (Å²) >= 11 is 0. The molecule has 28 heavy (non-hydrogen) atoms. The predicted molar refractivity (Wildman–Crippen MR) is 124 cm³/mol. The highest BCUT2D eigenvalue weighted by molar-refractivity contribution is 14.0. The van der Waals surface area contributed by atoms with Crippen LogP contribution in [0.2, 0.25) is 0 Å². The summed E-state index contributed by atoms with van der Waals surface area (Å²) in [6, 6.07) is 6.11. The standard InChI is InChI=1S/C20H31N5O2.HI/c1-6-26-18-9-8-17(12-19(18)27-7-2)15(3)24-20(21-4)22-11-10-16-13-23-25(5)14-16;/h8-9,12-15H,6-7,10-11H2,1-5H3,(H2,21,22,24);1H. The first-order valence-corrected chi connectivity index (χ1v) is 9.41. The van der Waals surface area contributed by atoms with Gasteiger partial charge in [-0.25, -0.2) is 0 Å². The van der Waals surface area contributed by atoms with Crippen LogP contribution in [0.1, 0.15) is 37.9 Å². The lowest BCUT2D eigenvalue weighted by Gasteiger charge is -2.20. The van der Waals surface area contributed by atoms with Crippen LogP contribution in [0.4, 0.5) is 0 Å². The summed E-state index contributed by atoms with van der Waals surface area (Å²) in [5.41, 5.74) is 2.30. The molecule has 0 saturated heterocycles. The van der Waals surface area contributed by atoms with E-state index < -0.39 is 0 Å². The number of ether oxygens (including phenoxy) is 2. The van der Waals surface area contributed by atoms with Gasteiger partial charge in [-0.15, -0.1) is 24.0 Å². The fourth-order valence-electron chi connectivity index (χ4n) is 2.75. The Morgan fingerprint density at radius 3 is 2.54 bits per heavy atom. The van der Waals surface area contributed by atoms with Crippen molar-refractivity contribution in [1.82, 2.24) is 20.4 Å². The van der Waals surface area contributed by atoms with E-state index in [-0.39, 0.29) is 30.0 Å². The first-order valence-electron chi connectivity index (χ1n) is 9.41. The van der Waals surface area contributed by atoms with Gasteiger partial charge in [0.05, 0.1) is 25.5 Å². The van der Waals surface area contributed by atoms with Gasteiger partial charge in [-0.05, 0) is 50.5 Å². The van der Waals surface area contributed by atoms with Crippen molar-refractivity contribution in [1.29, 1.82) is 0 Å². The van der Waals surface area contributed by atoms with E-state index in [4.69, 9.17) is 9.47 Å². The lowest BCUT2D eigenvalue weighted by Crippen LogP contribution is -2.39. The molecular weight excluding hydrogens is 469 g/mol. The van der Waals surface area contributed by atoms with E-state index in [0.717, 1.165) is 36.0 Å². The summed E-state index contributed by atoms with van der Waals surface area (Å²) in [4.78, 5) is 4.31. The maximum atomic E-state index is 5.72. The van der Waals surface area contributed by atoms with Crippen LogP contribution in [0.3, 0.4) is 0 Å². The van der Waals surface area contributed by atoms with Crippen molar-refractivity contribution in [3.8, 4) is 11.5 Å². The van der Waals surface area contributed by atoms with Crippen molar-refractivity contribution in [2.75, 3.05) is 26.8 Å². The van der Waals surface area contributed by atoms with Crippen LogP contribution in [0, 0.1) is 0 Å². The molecular formula is C20H32IN5O2. The van der Waals surface area contributed by atoms with E-state index in [1.807, 2.05) is 56.2 Å². The number of halogens is 1.